The Bertz CT molecular complexity index is 1140. The fraction of sp³-hybridized carbons (Fsp3) is 0.273. The van der Waals surface area contributed by atoms with Gasteiger partial charge in [0.2, 0.25) is 5.91 Å². The lowest BCUT2D eigenvalue weighted by atomic mass is 10.2. The van der Waals surface area contributed by atoms with Crippen LogP contribution in [-0.4, -0.2) is 32.3 Å². The summed E-state index contributed by atoms with van der Waals surface area (Å²) in [4.78, 5) is 25.0. The Morgan fingerprint density at radius 2 is 1.88 bits per heavy atom. The Hall–Kier alpha value is -2.55. The number of anilines is 1. The maximum Gasteiger partial charge on any atom is 0.251 e. The van der Waals surface area contributed by atoms with E-state index < -0.39 is 6.04 Å². The number of aromatic nitrogens is 3. The lowest BCUT2D eigenvalue weighted by Crippen LogP contribution is -2.28. The second-order valence-corrected chi connectivity index (χ2v) is 8.82. The predicted molar refractivity (Wildman–Crippen MR) is 129 cm³/mol. The van der Waals surface area contributed by atoms with Crippen molar-refractivity contribution in [1.82, 2.24) is 20.1 Å². The fourth-order valence-electron chi connectivity index (χ4n) is 3.04. The van der Waals surface area contributed by atoms with Gasteiger partial charge in [0.1, 0.15) is 0 Å². The highest BCUT2D eigenvalue weighted by Gasteiger charge is 2.20. The zero-order valence-electron chi connectivity index (χ0n) is 17.9. The Morgan fingerprint density at radius 1 is 1.12 bits per heavy atom. The zero-order chi connectivity index (χ0) is 23.3. The summed E-state index contributed by atoms with van der Waals surface area (Å²) < 4.78 is 1.88. The summed E-state index contributed by atoms with van der Waals surface area (Å²) in [6, 6.07) is 11.9. The van der Waals surface area contributed by atoms with Crippen molar-refractivity contribution >= 4 is 52.5 Å². The molecule has 2 aromatic carbocycles. The van der Waals surface area contributed by atoms with Gasteiger partial charge < -0.3 is 15.2 Å². The lowest BCUT2D eigenvalue weighted by Gasteiger charge is -2.15. The van der Waals surface area contributed by atoms with Gasteiger partial charge >= 0.3 is 0 Å². The van der Waals surface area contributed by atoms with E-state index >= 15 is 0 Å². The number of rotatable bonds is 8. The van der Waals surface area contributed by atoms with Crippen LogP contribution in [0.1, 0.15) is 41.6 Å². The smallest absolute Gasteiger partial charge is 0.251 e. The number of carbonyl (C=O) groups excluding carboxylic acids is 2. The number of benzene rings is 2. The summed E-state index contributed by atoms with van der Waals surface area (Å²) in [6.07, 6.45) is 0. The molecule has 32 heavy (non-hydrogen) atoms. The van der Waals surface area contributed by atoms with Gasteiger partial charge in [-0.25, -0.2) is 0 Å². The number of aryl methyl sites for hydroxylation is 1. The number of hydrogen-bond donors (Lipinski definition) is 2. The highest BCUT2D eigenvalue weighted by Crippen LogP contribution is 2.24. The minimum atomic E-state index is -0.403. The average molecular weight is 492 g/mol. The number of nitrogens with zero attached hydrogens (tertiary/aromatic N) is 3. The molecular weight excluding hydrogens is 469 g/mol. The molecule has 3 rings (SSSR count). The van der Waals surface area contributed by atoms with E-state index in [0.29, 0.717) is 33.1 Å². The number of carbonyl (C=O) groups is 2. The van der Waals surface area contributed by atoms with Gasteiger partial charge in [0.15, 0.2) is 11.0 Å². The third-order valence-corrected chi connectivity index (χ3v) is 6.44. The first kappa shape index (κ1) is 24.1. The van der Waals surface area contributed by atoms with Crippen LogP contribution in [0.4, 0.5) is 5.69 Å². The van der Waals surface area contributed by atoms with Crippen LogP contribution >= 0.6 is 35.0 Å². The summed E-state index contributed by atoms with van der Waals surface area (Å²) in [5.74, 6) is 0.366. The summed E-state index contributed by atoms with van der Waals surface area (Å²) in [7, 11) is 0. The van der Waals surface area contributed by atoms with Crippen molar-refractivity contribution in [2.45, 2.75) is 38.5 Å². The summed E-state index contributed by atoms with van der Waals surface area (Å²) in [5.41, 5.74) is 2.18. The molecule has 0 bridgehead atoms. The predicted octanol–water partition coefficient (Wildman–Crippen LogP) is 5.14. The average Bonchev–Trinajstić information content (AvgIpc) is 3.19. The van der Waals surface area contributed by atoms with Crippen molar-refractivity contribution in [3.05, 3.63) is 69.5 Å². The van der Waals surface area contributed by atoms with Crippen LogP contribution in [0.3, 0.4) is 0 Å². The molecule has 1 heterocycles. The standard InChI is InChI=1S/C22H23Cl2N5O2S/c1-4-29-20(14(3)25-21(31)15-9-10-16(23)17(24)11-15)27-28-22(29)32-12-19(30)26-18-8-6-5-7-13(18)2/h5-11,14H,4,12H2,1-3H3,(H,25,31)(H,26,30)/t14-/m1/s1. The molecule has 2 N–H and O–H groups in total. The molecule has 0 saturated heterocycles. The van der Waals surface area contributed by atoms with E-state index in [-0.39, 0.29) is 17.6 Å². The Morgan fingerprint density at radius 3 is 2.56 bits per heavy atom. The summed E-state index contributed by atoms with van der Waals surface area (Å²) >= 11 is 13.2. The first-order valence-corrected chi connectivity index (χ1v) is 11.7. The van der Waals surface area contributed by atoms with E-state index in [1.807, 2.05) is 49.6 Å². The number of thioether (sulfide) groups is 1. The lowest BCUT2D eigenvalue weighted by molar-refractivity contribution is -0.113. The maximum absolute atomic E-state index is 12.6. The molecule has 0 aliphatic carbocycles. The molecule has 168 valence electrons. The van der Waals surface area contributed by atoms with E-state index in [9.17, 15) is 9.59 Å². The van der Waals surface area contributed by atoms with Crippen LogP contribution in [-0.2, 0) is 11.3 Å². The number of amides is 2. The van der Waals surface area contributed by atoms with Crippen molar-refractivity contribution < 1.29 is 9.59 Å². The molecule has 1 atom stereocenters. The van der Waals surface area contributed by atoms with E-state index in [1.54, 1.807) is 12.1 Å². The first-order chi connectivity index (χ1) is 15.3. The van der Waals surface area contributed by atoms with Crippen molar-refractivity contribution in [1.29, 1.82) is 0 Å². The first-order valence-electron chi connectivity index (χ1n) is 9.97. The molecule has 0 spiro atoms. The SMILES string of the molecule is CCn1c(SCC(=O)Nc2ccccc2C)nnc1[C@@H](C)NC(=O)c1ccc(Cl)c(Cl)c1. The molecule has 0 unspecified atom stereocenters. The van der Waals surface area contributed by atoms with Crippen molar-refractivity contribution in [3.63, 3.8) is 0 Å². The van der Waals surface area contributed by atoms with E-state index in [1.165, 1.54) is 17.8 Å². The molecular formula is C22H23Cl2N5O2S. The van der Waals surface area contributed by atoms with E-state index in [0.717, 1.165) is 11.3 Å². The van der Waals surface area contributed by atoms with Crippen molar-refractivity contribution in [2.24, 2.45) is 0 Å². The van der Waals surface area contributed by atoms with Crippen LogP contribution < -0.4 is 10.6 Å². The molecule has 2 amide bonds. The van der Waals surface area contributed by atoms with Gasteiger partial charge in [0.05, 0.1) is 21.8 Å². The van der Waals surface area contributed by atoms with Gasteiger partial charge in [-0.15, -0.1) is 10.2 Å². The zero-order valence-corrected chi connectivity index (χ0v) is 20.2. The minimum absolute atomic E-state index is 0.127. The number of nitrogens with one attached hydrogen (secondary N) is 2. The molecule has 0 aliphatic heterocycles. The maximum atomic E-state index is 12.6. The van der Waals surface area contributed by atoms with Crippen LogP contribution in [0.25, 0.3) is 0 Å². The topological polar surface area (TPSA) is 88.9 Å². The molecule has 7 nitrogen and oxygen atoms in total. The van der Waals surface area contributed by atoms with Gasteiger partial charge in [0.25, 0.3) is 5.91 Å². The van der Waals surface area contributed by atoms with Crippen LogP contribution in [0.5, 0.6) is 0 Å². The fourth-order valence-corrected chi connectivity index (χ4v) is 4.14. The van der Waals surface area contributed by atoms with Crippen LogP contribution in [0.15, 0.2) is 47.6 Å². The number of para-hydroxylation sites is 1. The number of halogens is 2. The largest absolute Gasteiger partial charge is 0.342 e. The molecule has 1 aromatic heterocycles. The van der Waals surface area contributed by atoms with Crippen LogP contribution in [0, 0.1) is 6.92 Å². The van der Waals surface area contributed by atoms with Crippen molar-refractivity contribution in [3.8, 4) is 0 Å². The Kier molecular flexibility index (Phi) is 8.17. The van der Waals surface area contributed by atoms with Gasteiger partial charge in [-0.05, 0) is 50.6 Å². The monoisotopic (exact) mass is 491 g/mol. The Labute approximate surface area is 200 Å². The second-order valence-electron chi connectivity index (χ2n) is 7.06. The van der Waals surface area contributed by atoms with E-state index in [4.69, 9.17) is 23.2 Å². The molecule has 10 heteroatoms. The molecule has 0 aliphatic rings. The highest BCUT2D eigenvalue weighted by atomic mass is 35.5. The van der Waals surface area contributed by atoms with Crippen molar-refractivity contribution in [2.75, 3.05) is 11.1 Å². The molecule has 0 radical (unpaired) electrons. The third kappa shape index (κ3) is 5.82. The van der Waals surface area contributed by atoms with Gasteiger partial charge in [0, 0.05) is 17.8 Å². The second kappa shape index (κ2) is 10.8. The summed E-state index contributed by atoms with van der Waals surface area (Å²) in [5, 5.41) is 15.6. The molecule has 0 fully saturated rings. The Balaban J connectivity index is 1.64. The highest BCUT2D eigenvalue weighted by molar-refractivity contribution is 7.99. The minimum Gasteiger partial charge on any atom is -0.342 e. The summed E-state index contributed by atoms with van der Waals surface area (Å²) in [6.45, 7) is 6.32. The van der Waals surface area contributed by atoms with Gasteiger partial charge in [-0.2, -0.15) is 0 Å². The molecule has 0 saturated carbocycles. The van der Waals surface area contributed by atoms with Gasteiger partial charge in [-0.1, -0.05) is 53.2 Å². The van der Waals surface area contributed by atoms with Crippen LogP contribution in [0.2, 0.25) is 10.0 Å². The normalized spacial score (nSPS) is 11.8. The third-order valence-electron chi connectivity index (χ3n) is 4.73. The number of hydrogen-bond acceptors (Lipinski definition) is 5. The van der Waals surface area contributed by atoms with E-state index in [2.05, 4.69) is 20.8 Å². The quantitative estimate of drug-likeness (QED) is 0.426. The van der Waals surface area contributed by atoms with Gasteiger partial charge in [-0.3, -0.25) is 9.59 Å². The molecule has 3 aromatic rings.